The number of hydrogen-bond acceptors (Lipinski definition) is 6. The maximum Gasteiger partial charge on any atom is 0.389 e. The molecule has 3 aliphatic heterocycles. The minimum absolute atomic E-state index is 0.00895. The van der Waals surface area contributed by atoms with E-state index in [4.69, 9.17) is 4.99 Å². The van der Waals surface area contributed by atoms with Gasteiger partial charge < -0.3 is 10.6 Å². The molecule has 41 heavy (non-hydrogen) atoms. The fraction of sp³-hybridized carbons (Fsp3) is 0.655. The number of halogens is 3. The SMILES string of the molecule is Cc1cc(N2C(=O)CNC2=O)ccc1CCSN1CCC2(CC1)N=C(C1CCC(CCCC(F)(F)F)CC1)NC2=O. The highest BCUT2D eigenvalue weighted by Gasteiger charge is 2.47. The van der Waals surface area contributed by atoms with Crippen molar-refractivity contribution in [2.75, 3.05) is 30.3 Å². The number of rotatable bonds is 9. The molecule has 1 saturated carbocycles. The summed E-state index contributed by atoms with van der Waals surface area (Å²) in [5.41, 5.74) is 2.10. The summed E-state index contributed by atoms with van der Waals surface area (Å²) < 4.78 is 39.7. The number of anilines is 1. The van der Waals surface area contributed by atoms with E-state index < -0.39 is 24.2 Å². The molecule has 0 aromatic heterocycles. The van der Waals surface area contributed by atoms with Gasteiger partial charge in [-0.15, -0.1) is 0 Å². The number of carbonyl (C=O) groups excluding carboxylic acids is 3. The highest BCUT2D eigenvalue weighted by molar-refractivity contribution is 7.97. The molecule has 1 aromatic carbocycles. The lowest BCUT2D eigenvalue weighted by atomic mass is 9.79. The Labute approximate surface area is 243 Å². The summed E-state index contributed by atoms with van der Waals surface area (Å²) in [4.78, 5) is 43.0. The maximum absolute atomic E-state index is 13.0. The molecule has 3 fully saturated rings. The zero-order chi connectivity index (χ0) is 29.2. The summed E-state index contributed by atoms with van der Waals surface area (Å²) in [7, 11) is 0. The van der Waals surface area contributed by atoms with Crippen LogP contribution >= 0.6 is 11.9 Å². The van der Waals surface area contributed by atoms with E-state index in [2.05, 4.69) is 14.9 Å². The lowest BCUT2D eigenvalue weighted by Gasteiger charge is -2.34. The highest BCUT2D eigenvalue weighted by Crippen LogP contribution is 2.38. The standard InChI is InChI=1S/C29H38F3N5O3S/c1-19-17-23(37-24(38)18-33-27(37)40)9-8-21(19)10-16-41-36-14-12-28(13-15-36)26(39)34-25(35-28)22-6-4-20(5-7-22)3-2-11-29(30,31)32/h8-9,17,20,22H,2-7,10-16,18H2,1H3,(H,33,40)(H,34,35,39). The van der Waals surface area contributed by atoms with Crippen LogP contribution in [0.25, 0.3) is 0 Å². The van der Waals surface area contributed by atoms with Crippen molar-refractivity contribution in [1.82, 2.24) is 14.9 Å². The van der Waals surface area contributed by atoms with E-state index >= 15 is 0 Å². The van der Waals surface area contributed by atoms with Gasteiger partial charge >= 0.3 is 12.2 Å². The van der Waals surface area contributed by atoms with Crippen LogP contribution in [0.5, 0.6) is 0 Å². The van der Waals surface area contributed by atoms with E-state index in [0.29, 0.717) is 30.9 Å². The van der Waals surface area contributed by atoms with Gasteiger partial charge in [0, 0.05) is 31.2 Å². The van der Waals surface area contributed by atoms with Crippen molar-refractivity contribution in [3.63, 3.8) is 0 Å². The number of nitrogens with one attached hydrogen (secondary N) is 2. The zero-order valence-corrected chi connectivity index (χ0v) is 24.2. The third-order valence-corrected chi connectivity index (χ3v) is 10.0. The molecule has 0 bridgehead atoms. The molecule has 224 valence electrons. The Hall–Kier alpha value is -2.60. The predicted octanol–water partition coefficient (Wildman–Crippen LogP) is 5.14. The molecule has 2 saturated heterocycles. The molecule has 0 radical (unpaired) electrons. The topological polar surface area (TPSA) is 94.1 Å². The number of hydrogen-bond donors (Lipinski definition) is 2. The number of carbonyl (C=O) groups is 3. The predicted molar refractivity (Wildman–Crippen MR) is 153 cm³/mol. The number of piperidine rings is 1. The molecule has 8 nitrogen and oxygen atoms in total. The van der Waals surface area contributed by atoms with Crippen LogP contribution in [-0.4, -0.2) is 65.1 Å². The van der Waals surface area contributed by atoms with Crippen molar-refractivity contribution in [3.05, 3.63) is 29.3 Å². The minimum Gasteiger partial charge on any atom is -0.328 e. The summed E-state index contributed by atoms with van der Waals surface area (Å²) >= 11 is 1.77. The molecule has 3 heterocycles. The number of aliphatic imine (C=N–C) groups is 1. The average Bonchev–Trinajstić information content (AvgIpc) is 3.43. The Bertz CT molecular complexity index is 1170. The van der Waals surface area contributed by atoms with Crippen LogP contribution in [0.3, 0.4) is 0 Å². The molecule has 12 heteroatoms. The number of imide groups is 1. The molecule has 0 unspecified atom stereocenters. The van der Waals surface area contributed by atoms with E-state index in [-0.39, 0.29) is 30.7 Å². The molecule has 2 N–H and O–H groups in total. The summed E-state index contributed by atoms with van der Waals surface area (Å²) in [6.45, 7) is 3.55. The molecular weight excluding hydrogens is 555 g/mol. The highest BCUT2D eigenvalue weighted by atomic mass is 32.2. The van der Waals surface area contributed by atoms with E-state index in [1.165, 1.54) is 10.5 Å². The fourth-order valence-electron chi connectivity index (χ4n) is 6.44. The van der Waals surface area contributed by atoms with Crippen LogP contribution in [-0.2, 0) is 16.0 Å². The van der Waals surface area contributed by atoms with E-state index in [0.717, 1.165) is 62.3 Å². The number of alkyl halides is 3. The zero-order valence-electron chi connectivity index (χ0n) is 23.4. The second kappa shape index (κ2) is 12.3. The van der Waals surface area contributed by atoms with Gasteiger partial charge in [0.15, 0.2) is 0 Å². The Kier molecular flexibility index (Phi) is 8.98. The first-order chi connectivity index (χ1) is 19.5. The van der Waals surface area contributed by atoms with Gasteiger partial charge in [0.2, 0.25) is 0 Å². The quantitative estimate of drug-likeness (QED) is 0.305. The van der Waals surface area contributed by atoms with Crippen LogP contribution in [0.4, 0.5) is 23.7 Å². The third-order valence-electron chi connectivity index (χ3n) is 8.93. The fourth-order valence-corrected chi connectivity index (χ4v) is 7.45. The summed E-state index contributed by atoms with van der Waals surface area (Å²) in [6, 6.07) is 5.28. The van der Waals surface area contributed by atoms with Crippen LogP contribution < -0.4 is 15.5 Å². The van der Waals surface area contributed by atoms with Crippen molar-refractivity contribution >= 4 is 41.3 Å². The van der Waals surface area contributed by atoms with Gasteiger partial charge in [-0.2, -0.15) is 13.2 Å². The summed E-state index contributed by atoms with van der Waals surface area (Å²) in [5.74, 6) is 1.93. The molecule has 0 atom stereocenters. The van der Waals surface area contributed by atoms with E-state index in [1.807, 2.05) is 25.1 Å². The van der Waals surface area contributed by atoms with Crippen LogP contribution in [0.1, 0.15) is 68.9 Å². The number of amides is 4. The lowest BCUT2D eigenvalue weighted by Crippen LogP contribution is -2.47. The second-order valence-corrected chi connectivity index (χ2v) is 12.9. The van der Waals surface area contributed by atoms with Gasteiger partial charge in [0.25, 0.3) is 11.8 Å². The van der Waals surface area contributed by atoms with Gasteiger partial charge in [-0.3, -0.25) is 18.9 Å². The van der Waals surface area contributed by atoms with Crippen LogP contribution in [0, 0.1) is 18.8 Å². The smallest absolute Gasteiger partial charge is 0.328 e. The number of benzene rings is 1. The largest absolute Gasteiger partial charge is 0.389 e. The van der Waals surface area contributed by atoms with Gasteiger partial charge in [-0.25, -0.2) is 9.69 Å². The van der Waals surface area contributed by atoms with Gasteiger partial charge in [0.05, 0.1) is 12.2 Å². The van der Waals surface area contributed by atoms with E-state index in [1.54, 1.807) is 11.9 Å². The van der Waals surface area contributed by atoms with Gasteiger partial charge in [-0.05, 0) is 87.5 Å². The molecule has 1 aliphatic carbocycles. The first kappa shape index (κ1) is 29.9. The molecular formula is C29H38F3N5O3S. The first-order valence-corrected chi connectivity index (χ1v) is 15.5. The van der Waals surface area contributed by atoms with Gasteiger partial charge in [-0.1, -0.05) is 24.4 Å². The van der Waals surface area contributed by atoms with Crippen LogP contribution in [0.15, 0.2) is 23.2 Å². The normalized spacial score (nSPS) is 25.0. The Balaban J connectivity index is 1.06. The lowest BCUT2D eigenvalue weighted by molar-refractivity contribution is -0.136. The van der Waals surface area contributed by atoms with Crippen molar-refractivity contribution in [1.29, 1.82) is 0 Å². The monoisotopic (exact) mass is 593 g/mol. The molecule has 4 aliphatic rings. The first-order valence-electron chi connectivity index (χ1n) is 14.6. The Morgan fingerprint density at radius 3 is 2.46 bits per heavy atom. The number of aryl methyl sites for hydroxylation is 2. The maximum atomic E-state index is 13.0. The van der Waals surface area contributed by atoms with Crippen LogP contribution in [0.2, 0.25) is 0 Å². The molecule has 1 aromatic rings. The van der Waals surface area contributed by atoms with Crippen molar-refractivity contribution in [2.45, 2.75) is 82.8 Å². The number of amidine groups is 1. The summed E-state index contributed by atoms with van der Waals surface area (Å²) in [6.07, 6.45) is 1.74. The Morgan fingerprint density at radius 1 is 1.10 bits per heavy atom. The van der Waals surface area contributed by atoms with Crippen molar-refractivity contribution in [3.8, 4) is 0 Å². The number of urea groups is 1. The number of nitrogens with zero attached hydrogens (tertiary/aromatic N) is 3. The second-order valence-electron chi connectivity index (χ2n) is 11.7. The van der Waals surface area contributed by atoms with Crippen molar-refractivity contribution in [2.24, 2.45) is 16.8 Å². The third kappa shape index (κ3) is 7.07. The molecule has 1 spiro atoms. The Morgan fingerprint density at radius 2 is 1.83 bits per heavy atom. The van der Waals surface area contributed by atoms with E-state index in [9.17, 15) is 27.6 Å². The van der Waals surface area contributed by atoms with Crippen molar-refractivity contribution < 1.29 is 27.6 Å². The minimum atomic E-state index is -4.08. The molecule has 4 amide bonds. The van der Waals surface area contributed by atoms with Gasteiger partial charge in [0.1, 0.15) is 11.4 Å². The molecule has 5 rings (SSSR count). The average molecular weight is 594 g/mol. The summed E-state index contributed by atoms with van der Waals surface area (Å²) in [5, 5.41) is 5.61.